The number of hydrogen-bond acceptors (Lipinski definition) is 5. The topological polar surface area (TPSA) is 84.6 Å². The monoisotopic (exact) mass is 224 g/mol. The van der Waals surface area contributed by atoms with E-state index in [0.29, 0.717) is 13.2 Å². The van der Waals surface area contributed by atoms with Gasteiger partial charge in [-0.2, -0.15) is 0 Å². The Morgan fingerprint density at radius 1 is 1.56 bits per heavy atom. The second-order valence-corrected chi connectivity index (χ2v) is 3.57. The van der Waals surface area contributed by atoms with E-state index in [1.807, 2.05) is 0 Å². The largest absolute Gasteiger partial charge is 0.502 e. The van der Waals surface area contributed by atoms with Gasteiger partial charge in [0.2, 0.25) is 0 Å². The maximum Gasteiger partial charge on any atom is 0.310 e. The zero-order chi connectivity index (χ0) is 11.5. The molecule has 1 aromatic rings. The number of nitro benzene ring substituents is 1. The average Bonchev–Trinajstić information content (AvgIpc) is 2.29. The van der Waals surface area contributed by atoms with Gasteiger partial charge in [-0.05, 0) is 17.7 Å². The molecule has 0 bridgehead atoms. The van der Waals surface area contributed by atoms with Gasteiger partial charge < -0.3 is 15.2 Å². The molecule has 86 valence electrons. The first-order chi connectivity index (χ1) is 7.68. The van der Waals surface area contributed by atoms with E-state index in [1.54, 1.807) is 6.07 Å². The lowest BCUT2D eigenvalue weighted by molar-refractivity contribution is -0.385. The number of benzene rings is 1. The number of rotatable bonds is 2. The number of phenolic OH excluding ortho intramolecular Hbond substituents is 1. The molecule has 0 spiro atoms. The van der Waals surface area contributed by atoms with Gasteiger partial charge in [-0.15, -0.1) is 0 Å². The van der Waals surface area contributed by atoms with E-state index in [4.69, 9.17) is 4.74 Å². The van der Waals surface area contributed by atoms with Gasteiger partial charge in [0.15, 0.2) is 5.75 Å². The van der Waals surface area contributed by atoms with Crippen molar-refractivity contribution in [2.24, 2.45) is 0 Å². The van der Waals surface area contributed by atoms with E-state index in [2.05, 4.69) is 5.32 Å². The third-order valence-electron chi connectivity index (χ3n) is 2.50. The van der Waals surface area contributed by atoms with Gasteiger partial charge in [-0.25, -0.2) is 0 Å². The van der Waals surface area contributed by atoms with E-state index >= 15 is 0 Å². The Morgan fingerprint density at radius 3 is 2.94 bits per heavy atom. The number of nitrogens with zero attached hydrogens (tertiary/aromatic N) is 1. The van der Waals surface area contributed by atoms with Crippen molar-refractivity contribution < 1.29 is 14.8 Å². The zero-order valence-electron chi connectivity index (χ0n) is 8.55. The van der Waals surface area contributed by atoms with Crippen LogP contribution < -0.4 is 5.32 Å². The van der Waals surface area contributed by atoms with Gasteiger partial charge in [0.1, 0.15) is 0 Å². The Balaban J connectivity index is 2.23. The molecule has 0 amide bonds. The van der Waals surface area contributed by atoms with Crippen molar-refractivity contribution in [3.63, 3.8) is 0 Å². The Hall–Kier alpha value is -1.66. The Bertz CT molecular complexity index is 402. The minimum absolute atomic E-state index is 0.152. The summed E-state index contributed by atoms with van der Waals surface area (Å²) in [4.78, 5) is 9.90. The van der Waals surface area contributed by atoms with Crippen molar-refractivity contribution in [2.45, 2.75) is 6.10 Å². The number of hydrogen-bond donors (Lipinski definition) is 2. The number of morpholine rings is 1. The molecule has 0 aliphatic carbocycles. The number of phenols is 1. The van der Waals surface area contributed by atoms with E-state index < -0.39 is 4.92 Å². The highest BCUT2D eigenvalue weighted by atomic mass is 16.6. The molecule has 0 saturated carbocycles. The lowest BCUT2D eigenvalue weighted by Crippen LogP contribution is -2.33. The number of nitrogens with one attached hydrogen (secondary N) is 1. The smallest absolute Gasteiger partial charge is 0.310 e. The zero-order valence-corrected chi connectivity index (χ0v) is 8.55. The third-order valence-corrected chi connectivity index (χ3v) is 2.50. The molecular weight excluding hydrogens is 212 g/mol. The first-order valence-corrected chi connectivity index (χ1v) is 4.98. The quantitative estimate of drug-likeness (QED) is 0.577. The molecule has 2 rings (SSSR count). The Labute approximate surface area is 92.0 Å². The summed E-state index contributed by atoms with van der Waals surface area (Å²) in [7, 11) is 0. The molecule has 1 aromatic carbocycles. The van der Waals surface area contributed by atoms with Crippen LogP contribution in [0.25, 0.3) is 0 Å². The molecule has 1 aliphatic rings. The van der Waals surface area contributed by atoms with Gasteiger partial charge in [0.25, 0.3) is 0 Å². The second kappa shape index (κ2) is 4.46. The Kier molecular flexibility index (Phi) is 3.02. The van der Waals surface area contributed by atoms with Gasteiger partial charge in [-0.1, -0.05) is 0 Å². The van der Waals surface area contributed by atoms with Gasteiger partial charge >= 0.3 is 5.69 Å². The van der Waals surface area contributed by atoms with Gasteiger partial charge in [0, 0.05) is 19.2 Å². The summed E-state index contributed by atoms with van der Waals surface area (Å²) in [5, 5.41) is 23.1. The molecule has 1 aliphatic heterocycles. The van der Waals surface area contributed by atoms with Crippen LogP contribution >= 0.6 is 0 Å². The number of ether oxygens (including phenoxy) is 1. The predicted octanol–water partition coefficient (Wildman–Crippen LogP) is 0.961. The highest BCUT2D eigenvalue weighted by Gasteiger charge is 2.19. The minimum Gasteiger partial charge on any atom is -0.502 e. The van der Waals surface area contributed by atoms with Crippen LogP contribution in [-0.2, 0) is 4.74 Å². The predicted molar refractivity (Wildman–Crippen MR) is 56.3 cm³/mol. The first kappa shape index (κ1) is 10.8. The fraction of sp³-hybridized carbons (Fsp3) is 0.400. The van der Waals surface area contributed by atoms with Crippen LogP contribution in [0.5, 0.6) is 5.75 Å². The van der Waals surface area contributed by atoms with Crippen molar-refractivity contribution in [1.29, 1.82) is 0 Å². The maximum absolute atomic E-state index is 10.5. The first-order valence-electron chi connectivity index (χ1n) is 4.98. The molecule has 1 unspecified atom stereocenters. The highest BCUT2D eigenvalue weighted by Crippen LogP contribution is 2.30. The summed E-state index contributed by atoms with van der Waals surface area (Å²) in [5.41, 5.74) is 0.461. The van der Waals surface area contributed by atoms with E-state index in [-0.39, 0.29) is 17.5 Å². The van der Waals surface area contributed by atoms with Crippen LogP contribution in [0.4, 0.5) is 5.69 Å². The number of aromatic hydroxyl groups is 1. The van der Waals surface area contributed by atoms with Crippen molar-refractivity contribution >= 4 is 5.69 Å². The van der Waals surface area contributed by atoms with E-state index in [1.165, 1.54) is 12.1 Å². The molecule has 1 saturated heterocycles. The fourth-order valence-corrected chi connectivity index (χ4v) is 1.67. The van der Waals surface area contributed by atoms with Crippen molar-refractivity contribution in [3.05, 3.63) is 33.9 Å². The molecule has 1 heterocycles. The average molecular weight is 224 g/mol. The van der Waals surface area contributed by atoms with Crippen LogP contribution in [-0.4, -0.2) is 29.7 Å². The molecule has 16 heavy (non-hydrogen) atoms. The minimum atomic E-state index is -0.612. The maximum atomic E-state index is 10.5. The van der Waals surface area contributed by atoms with Crippen molar-refractivity contribution in [2.75, 3.05) is 19.7 Å². The molecule has 1 fully saturated rings. The Morgan fingerprint density at radius 2 is 2.38 bits per heavy atom. The summed E-state index contributed by atoms with van der Waals surface area (Å²) in [6.45, 7) is 2.05. The lowest BCUT2D eigenvalue weighted by atomic mass is 10.1. The standard InChI is InChI=1S/C10H12N2O4/c13-9-5-7(1-2-8(9)12(14)15)10-6-11-3-4-16-10/h1-2,5,10-11,13H,3-4,6H2. The summed E-state index contributed by atoms with van der Waals surface area (Å²) in [5.74, 6) is -0.323. The van der Waals surface area contributed by atoms with Crippen molar-refractivity contribution in [1.82, 2.24) is 5.32 Å². The fourth-order valence-electron chi connectivity index (χ4n) is 1.67. The van der Waals surface area contributed by atoms with Gasteiger partial charge in [0.05, 0.1) is 17.6 Å². The molecule has 0 aromatic heterocycles. The van der Waals surface area contributed by atoms with E-state index in [9.17, 15) is 15.2 Å². The van der Waals surface area contributed by atoms with Crippen LogP contribution in [0, 0.1) is 10.1 Å². The van der Waals surface area contributed by atoms with Gasteiger partial charge in [-0.3, -0.25) is 10.1 Å². The van der Waals surface area contributed by atoms with Crippen LogP contribution in [0.3, 0.4) is 0 Å². The third kappa shape index (κ3) is 2.12. The summed E-state index contributed by atoms with van der Waals surface area (Å²) in [6, 6.07) is 4.29. The van der Waals surface area contributed by atoms with Crippen molar-refractivity contribution in [3.8, 4) is 5.75 Å². The SMILES string of the molecule is O=[N+]([O-])c1ccc(C2CNCCO2)cc1O. The number of nitro groups is 1. The van der Waals surface area contributed by atoms with Crippen LogP contribution in [0.2, 0.25) is 0 Å². The summed E-state index contributed by atoms with van der Waals surface area (Å²) >= 11 is 0. The second-order valence-electron chi connectivity index (χ2n) is 3.57. The molecule has 6 nitrogen and oxygen atoms in total. The highest BCUT2D eigenvalue weighted by molar-refractivity contribution is 5.47. The normalized spacial score (nSPS) is 20.6. The molecule has 0 radical (unpaired) electrons. The molecular formula is C10H12N2O4. The molecule has 2 N–H and O–H groups in total. The van der Waals surface area contributed by atoms with E-state index in [0.717, 1.165) is 12.1 Å². The molecule has 1 atom stereocenters. The summed E-state index contributed by atoms with van der Waals surface area (Å²) < 4.78 is 5.48. The van der Waals surface area contributed by atoms with Crippen LogP contribution in [0.15, 0.2) is 18.2 Å². The van der Waals surface area contributed by atoms with Crippen LogP contribution in [0.1, 0.15) is 11.7 Å². The molecule has 6 heteroatoms. The lowest BCUT2D eigenvalue weighted by Gasteiger charge is -2.23. The summed E-state index contributed by atoms with van der Waals surface area (Å²) in [6.07, 6.45) is -0.152.